The first-order valence-electron chi connectivity index (χ1n) is 4.75. The molecule has 0 aliphatic rings. The van der Waals surface area contributed by atoms with Gasteiger partial charge < -0.3 is 5.73 Å². The van der Waals surface area contributed by atoms with E-state index in [1.807, 2.05) is 0 Å². The molecule has 0 aromatic heterocycles. The fraction of sp³-hybridized carbons (Fsp3) is 0.182. The van der Waals surface area contributed by atoms with E-state index in [4.69, 9.17) is 5.73 Å². The Morgan fingerprint density at radius 3 is 2.35 bits per heavy atom. The molecule has 92 valence electrons. The van der Waals surface area contributed by atoms with Gasteiger partial charge in [-0.15, -0.1) is 0 Å². The van der Waals surface area contributed by atoms with Gasteiger partial charge in [0, 0.05) is 5.57 Å². The van der Waals surface area contributed by atoms with Gasteiger partial charge in [0.1, 0.15) is 5.25 Å². The van der Waals surface area contributed by atoms with Crippen LogP contribution in [0.4, 0.5) is 0 Å². The summed E-state index contributed by atoms with van der Waals surface area (Å²) in [6.07, 6.45) is 0. The molecule has 1 amide bonds. The van der Waals surface area contributed by atoms with Crippen LogP contribution < -0.4 is 5.73 Å². The molecular weight excluding hydrogens is 242 g/mol. The lowest BCUT2D eigenvalue weighted by Gasteiger charge is -2.16. The summed E-state index contributed by atoms with van der Waals surface area (Å²) in [4.78, 5) is 11.0. The minimum Gasteiger partial charge on any atom is -0.366 e. The Labute approximate surface area is 99.7 Å². The van der Waals surface area contributed by atoms with Gasteiger partial charge >= 0.3 is 0 Å². The zero-order chi connectivity index (χ0) is 13.2. The van der Waals surface area contributed by atoms with Crippen molar-refractivity contribution in [2.75, 3.05) is 0 Å². The topological polar surface area (TPSA) is 97.5 Å². The summed E-state index contributed by atoms with van der Waals surface area (Å²) in [5, 5.41) is -1.51. The highest BCUT2D eigenvalue weighted by molar-refractivity contribution is 7.86. The molecule has 1 aromatic rings. The first-order chi connectivity index (χ1) is 7.75. The van der Waals surface area contributed by atoms with Crippen molar-refractivity contribution in [3.63, 3.8) is 0 Å². The van der Waals surface area contributed by atoms with Gasteiger partial charge in [-0.3, -0.25) is 9.35 Å². The molecule has 0 fully saturated rings. The van der Waals surface area contributed by atoms with E-state index in [9.17, 15) is 17.8 Å². The number of amides is 1. The van der Waals surface area contributed by atoms with Crippen LogP contribution in [0.3, 0.4) is 0 Å². The molecule has 0 radical (unpaired) electrons. The van der Waals surface area contributed by atoms with Crippen LogP contribution in [-0.4, -0.2) is 18.9 Å². The molecule has 1 aromatic carbocycles. The van der Waals surface area contributed by atoms with Crippen molar-refractivity contribution in [1.29, 1.82) is 0 Å². The van der Waals surface area contributed by atoms with E-state index in [1.54, 1.807) is 25.1 Å². The van der Waals surface area contributed by atoms with Crippen LogP contribution in [0.25, 0.3) is 0 Å². The van der Waals surface area contributed by atoms with Crippen LogP contribution in [0, 0.1) is 6.92 Å². The Hall–Kier alpha value is -1.66. The Morgan fingerprint density at radius 1 is 1.41 bits per heavy atom. The Kier molecular flexibility index (Phi) is 3.69. The van der Waals surface area contributed by atoms with Crippen LogP contribution in [-0.2, 0) is 14.9 Å². The average Bonchev–Trinajstić information content (AvgIpc) is 2.19. The zero-order valence-corrected chi connectivity index (χ0v) is 10.1. The van der Waals surface area contributed by atoms with Crippen molar-refractivity contribution in [2.45, 2.75) is 12.2 Å². The predicted octanol–water partition coefficient (Wildman–Crippen LogP) is 0.965. The number of nitrogens with two attached hydrogens (primary N) is 1. The minimum absolute atomic E-state index is 0.291. The normalized spacial score (nSPS) is 13.1. The minimum atomic E-state index is -4.49. The smallest absolute Gasteiger partial charge is 0.276 e. The number of benzene rings is 1. The van der Waals surface area contributed by atoms with E-state index in [-0.39, 0.29) is 5.57 Å². The van der Waals surface area contributed by atoms with E-state index in [0.29, 0.717) is 11.1 Å². The lowest BCUT2D eigenvalue weighted by atomic mass is 10.0. The van der Waals surface area contributed by atoms with Gasteiger partial charge in [-0.25, -0.2) is 0 Å². The maximum Gasteiger partial charge on any atom is 0.276 e. The second-order valence-corrected chi connectivity index (χ2v) is 5.14. The average molecular weight is 255 g/mol. The first kappa shape index (κ1) is 13.4. The summed E-state index contributed by atoms with van der Waals surface area (Å²) in [5.74, 6) is -0.962. The molecule has 0 aliphatic heterocycles. The summed E-state index contributed by atoms with van der Waals surface area (Å²) < 4.78 is 31.8. The number of hydrogen-bond acceptors (Lipinski definition) is 3. The highest BCUT2D eigenvalue weighted by atomic mass is 32.2. The standard InChI is InChI=1S/C11H13NO4S/c1-7-5-3-4-6-9(7)10(17(14,15)16)8(2)11(12)13/h3-6,10H,2H2,1H3,(H2,12,13)(H,14,15,16). The number of hydrogen-bond donors (Lipinski definition) is 2. The van der Waals surface area contributed by atoms with E-state index in [2.05, 4.69) is 6.58 Å². The molecule has 1 rings (SSSR count). The van der Waals surface area contributed by atoms with Crippen LogP contribution in [0.5, 0.6) is 0 Å². The van der Waals surface area contributed by atoms with E-state index >= 15 is 0 Å². The van der Waals surface area contributed by atoms with Gasteiger partial charge in [-0.1, -0.05) is 30.8 Å². The van der Waals surface area contributed by atoms with E-state index in [0.717, 1.165) is 0 Å². The van der Waals surface area contributed by atoms with Crippen molar-refractivity contribution in [3.8, 4) is 0 Å². The third kappa shape index (κ3) is 2.92. The number of aryl methyl sites for hydroxylation is 1. The lowest BCUT2D eigenvalue weighted by molar-refractivity contribution is -0.114. The van der Waals surface area contributed by atoms with Crippen LogP contribution in [0.1, 0.15) is 16.4 Å². The Balaban J connectivity index is 3.42. The Bertz CT molecular complexity index is 563. The molecule has 3 N–H and O–H groups in total. The number of primary amides is 1. The molecule has 0 saturated carbocycles. The van der Waals surface area contributed by atoms with Gasteiger partial charge in [-0.2, -0.15) is 8.42 Å². The largest absolute Gasteiger partial charge is 0.366 e. The maximum atomic E-state index is 11.3. The third-order valence-corrected chi connectivity index (χ3v) is 3.54. The SMILES string of the molecule is C=C(C(N)=O)C(c1ccccc1C)S(=O)(=O)O. The second-order valence-electron chi connectivity index (χ2n) is 3.64. The van der Waals surface area contributed by atoms with Crippen molar-refractivity contribution < 1.29 is 17.8 Å². The third-order valence-electron chi connectivity index (χ3n) is 2.40. The molecule has 1 atom stereocenters. The fourth-order valence-electron chi connectivity index (χ4n) is 1.54. The van der Waals surface area contributed by atoms with Crippen molar-refractivity contribution in [3.05, 3.63) is 47.5 Å². The maximum absolute atomic E-state index is 11.3. The quantitative estimate of drug-likeness (QED) is 0.618. The molecule has 6 heteroatoms. The number of carbonyl (C=O) groups is 1. The molecule has 0 spiro atoms. The molecule has 5 nitrogen and oxygen atoms in total. The van der Waals surface area contributed by atoms with Gasteiger partial charge in [0.15, 0.2) is 0 Å². The molecule has 17 heavy (non-hydrogen) atoms. The zero-order valence-electron chi connectivity index (χ0n) is 9.25. The van der Waals surface area contributed by atoms with Gasteiger partial charge in [0.25, 0.3) is 10.1 Å². The summed E-state index contributed by atoms with van der Waals surface area (Å²) in [5.41, 5.74) is 5.56. The highest BCUT2D eigenvalue weighted by Gasteiger charge is 2.31. The number of carbonyl (C=O) groups excluding carboxylic acids is 1. The van der Waals surface area contributed by atoms with Crippen LogP contribution in [0.15, 0.2) is 36.4 Å². The summed E-state index contributed by atoms with van der Waals surface area (Å²) in [7, 11) is -4.49. The molecular formula is C11H13NO4S. The Morgan fingerprint density at radius 2 is 1.94 bits per heavy atom. The summed E-state index contributed by atoms with van der Waals surface area (Å²) >= 11 is 0. The lowest BCUT2D eigenvalue weighted by Crippen LogP contribution is -2.24. The van der Waals surface area contributed by atoms with E-state index in [1.165, 1.54) is 6.07 Å². The molecule has 0 aliphatic carbocycles. The molecule has 0 saturated heterocycles. The predicted molar refractivity (Wildman–Crippen MR) is 63.8 cm³/mol. The summed E-state index contributed by atoms with van der Waals surface area (Å²) in [6.45, 7) is 4.99. The molecule has 1 unspecified atom stereocenters. The fourth-order valence-corrected chi connectivity index (χ4v) is 2.60. The monoisotopic (exact) mass is 255 g/mol. The van der Waals surface area contributed by atoms with Crippen LogP contribution >= 0.6 is 0 Å². The van der Waals surface area contributed by atoms with E-state index < -0.39 is 21.3 Å². The first-order valence-corrected chi connectivity index (χ1v) is 6.26. The number of rotatable bonds is 4. The molecule has 0 bridgehead atoms. The summed E-state index contributed by atoms with van der Waals surface area (Å²) in [6, 6.07) is 6.49. The second kappa shape index (κ2) is 4.68. The van der Waals surface area contributed by atoms with Crippen molar-refractivity contribution in [1.82, 2.24) is 0 Å². The van der Waals surface area contributed by atoms with Crippen molar-refractivity contribution >= 4 is 16.0 Å². The van der Waals surface area contributed by atoms with Gasteiger partial charge in [0.2, 0.25) is 5.91 Å². The highest BCUT2D eigenvalue weighted by Crippen LogP contribution is 2.30. The van der Waals surface area contributed by atoms with Gasteiger partial charge in [0.05, 0.1) is 0 Å². The van der Waals surface area contributed by atoms with Crippen molar-refractivity contribution in [2.24, 2.45) is 5.73 Å². The van der Waals surface area contributed by atoms with Gasteiger partial charge in [-0.05, 0) is 18.1 Å². The van der Waals surface area contributed by atoms with Crippen LogP contribution in [0.2, 0.25) is 0 Å². The molecule has 0 heterocycles.